The van der Waals surface area contributed by atoms with Crippen molar-refractivity contribution in [2.24, 2.45) is 0 Å². The molecule has 0 aliphatic heterocycles. The lowest BCUT2D eigenvalue weighted by Crippen LogP contribution is -2.25. The van der Waals surface area contributed by atoms with E-state index in [2.05, 4.69) is 36.5 Å². The number of carbonyl (C=O) groups excluding carboxylic acids is 2. The zero-order valence-electron chi connectivity index (χ0n) is 14.9. The highest BCUT2D eigenvalue weighted by molar-refractivity contribution is 5.85. The molecule has 2 rings (SSSR count). The minimum atomic E-state index is -0.211. The van der Waals surface area contributed by atoms with Crippen LogP contribution in [0.1, 0.15) is 44.6 Å². The molecule has 0 saturated heterocycles. The molecule has 134 valence electrons. The zero-order valence-corrected chi connectivity index (χ0v) is 14.9. The minimum Gasteiger partial charge on any atom is -0.466 e. The number of ether oxygens (including phenoxy) is 1. The number of hydrogen-bond donors (Lipinski definition) is 1. The summed E-state index contributed by atoms with van der Waals surface area (Å²) in [6.07, 6.45) is 3.89. The highest BCUT2D eigenvalue weighted by atomic mass is 16.5. The molecule has 0 aromatic heterocycles. The van der Waals surface area contributed by atoms with Gasteiger partial charge in [-0.3, -0.25) is 9.59 Å². The molecule has 0 radical (unpaired) electrons. The largest absolute Gasteiger partial charge is 0.466 e. The third-order valence-corrected chi connectivity index (χ3v) is 4.14. The topological polar surface area (TPSA) is 55.4 Å². The van der Waals surface area contributed by atoms with Crippen LogP contribution in [0, 0.1) is 0 Å². The molecule has 4 heteroatoms. The van der Waals surface area contributed by atoms with Gasteiger partial charge in [-0.2, -0.15) is 0 Å². The van der Waals surface area contributed by atoms with Crippen molar-refractivity contribution in [2.45, 2.75) is 45.4 Å². The summed E-state index contributed by atoms with van der Waals surface area (Å²) >= 11 is 0. The van der Waals surface area contributed by atoms with E-state index in [1.54, 1.807) is 0 Å². The van der Waals surface area contributed by atoms with Crippen LogP contribution in [0.25, 0.3) is 10.8 Å². The number of esters is 1. The van der Waals surface area contributed by atoms with Crippen molar-refractivity contribution in [1.82, 2.24) is 5.32 Å². The number of rotatable bonds is 10. The molecule has 0 fully saturated rings. The monoisotopic (exact) mass is 341 g/mol. The average Bonchev–Trinajstić information content (AvgIpc) is 2.62. The van der Waals surface area contributed by atoms with Gasteiger partial charge in [-0.1, -0.05) is 55.8 Å². The molecule has 0 heterocycles. The Bertz CT molecular complexity index is 691. The number of amides is 1. The van der Waals surface area contributed by atoms with Gasteiger partial charge in [0.1, 0.15) is 0 Å². The van der Waals surface area contributed by atoms with Gasteiger partial charge in [-0.05, 0) is 35.6 Å². The standard InChI is InChI=1S/C21H27NO3/c1-2-3-16-25-21(24)13-7-12-20(23)22-15-14-18-10-6-9-17-8-4-5-11-19(17)18/h4-6,8-11H,2-3,7,12-16H2,1H3,(H,22,23). The van der Waals surface area contributed by atoms with E-state index in [-0.39, 0.29) is 11.9 Å². The number of unbranched alkanes of at least 4 members (excludes halogenated alkanes) is 1. The first-order chi connectivity index (χ1) is 12.2. The van der Waals surface area contributed by atoms with Gasteiger partial charge in [0, 0.05) is 19.4 Å². The molecule has 4 nitrogen and oxygen atoms in total. The van der Waals surface area contributed by atoms with Crippen LogP contribution in [0.2, 0.25) is 0 Å². The zero-order chi connectivity index (χ0) is 17.9. The van der Waals surface area contributed by atoms with E-state index in [0.29, 0.717) is 32.4 Å². The first-order valence-corrected chi connectivity index (χ1v) is 9.09. The molecule has 1 amide bonds. The quantitative estimate of drug-likeness (QED) is 0.525. The Balaban J connectivity index is 1.66. The second-order valence-electron chi connectivity index (χ2n) is 6.17. The molecule has 0 unspecified atom stereocenters. The van der Waals surface area contributed by atoms with E-state index in [4.69, 9.17) is 4.74 Å². The third-order valence-electron chi connectivity index (χ3n) is 4.14. The Labute approximate surface area is 149 Å². The molecule has 2 aromatic rings. The van der Waals surface area contributed by atoms with Gasteiger partial charge in [0.05, 0.1) is 6.61 Å². The summed E-state index contributed by atoms with van der Waals surface area (Å²) in [4.78, 5) is 23.3. The van der Waals surface area contributed by atoms with Gasteiger partial charge >= 0.3 is 5.97 Å². The maximum absolute atomic E-state index is 11.9. The predicted molar refractivity (Wildman–Crippen MR) is 100 cm³/mol. The van der Waals surface area contributed by atoms with Crippen molar-refractivity contribution >= 4 is 22.6 Å². The van der Waals surface area contributed by atoms with Gasteiger partial charge in [0.15, 0.2) is 0 Å². The molecule has 0 bridgehead atoms. The van der Waals surface area contributed by atoms with E-state index in [9.17, 15) is 9.59 Å². The summed E-state index contributed by atoms with van der Waals surface area (Å²) in [5.41, 5.74) is 1.23. The van der Waals surface area contributed by atoms with Gasteiger partial charge in [-0.15, -0.1) is 0 Å². The Hall–Kier alpha value is -2.36. The lowest BCUT2D eigenvalue weighted by atomic mass is 10.0. The maximum atomic E-state index is 11.9. The Kier molecular flexibility index (Phi) is 7.96. The van der Waals surface area contributed by atoms with Crippen LogP contribution in [0.4, 0.5) is 0 Å². The summed E-state index contributed by atoms with van der Waals surface area (Å²) in [6.45, 7) is 3.14. The number of fused-ring (bicyclic) bond motifs is 1. The van der Waals surface area contributed by atoms with E-state index >= 15 is 0 Å². The van der Waals surface area contributed by atoms with Crippen molar-refractivity contribution in [3.63, 3.8) is 0 Å². The van der Waals surface area contributed by atoms with Crippen LogP contribution >= 0.6 is 0 Å². The number of benzene rings is 2. The van der Waals surface area contributed by atoms with Gasteiger partial charge in [0.25, 0.3) is 0 Å². The molecular weight excluding hydrogens is 314 g/mol. The number of hydrogen-bond acceptors (Lipinski definition) is 3. The van der Waals surface area contributed by atoms with E-state index in [1.165, 1.54) is 16.3 Å². The van der Waals surface area contributed by atoms with Crippen LogP contribution < -0.4 is 5.32 Å². The van der Waals surface area contributed by atoms with Crippen molar-refractivity contribution in [3.8, 4) is 0 Å². The first kappa shape index (κ1) is 19.0. The summed E-state index contributed by atoms with van der Waals surface area (Å²) in [7, 11) is 0. The molecule has 0 aliphatic carbocycles. The van der Waals surface area contributed by atoms with E-state index in [1.807, 2.05) is 18.2 Å². The number of carbonyl (C=O) groups is 2. The highest BCUT2D eigenvalue weighted by Crippen LogP contribution is 2.18. The maximum Gasteiger partial charge on any atom is 0.305 e. The van der Waals surface area contributed by atoms with Crippen LogP contribution in [-0.2, 0) is 20.7 Å². The van der Waals surface area contributed by atoms with Crippen molar-refractivity contribution in [2.75, 3.05) is 13.2 Å². The van der Waals surface area contributed by atoms with E-state index in [0.717, 1.165) is 19.3 Å². The normalized spacial score (nSPS) is 10.6. The van der Waals surface area contributed by atoms with Gasteiger partial charge in [-0.25, -0.2) is 0 Å². The minimum absolute atomic E-state index is 0.0124. The molecule has 0 saturated carbocycles. The SMILES string of the molecule is CCCCOC(=O)CCCC(=O)NCCc1cccc2ccccc12. The molecule has 0 spiro atoms. The van der Waals surface area contributed by atoms with Gasteiger partial charge < -0.3 is 10.1 Å². The van der Waals surface area contributed by atoms with Gasteiger partial charge in [0.2, 0.25) is 5.91 Å². The second kappa shape index (κ2) is 10.5. The van der Waals surface area contributed by atoms with Crippen LogP contribution in [-0.4, -0.2) is 25.0 Å². The fraction of sp³-hybridized carbons (Fsp3) is 0.429. The Morgan fingerprint density at radius 1 is 1.00 bits per heavy atom. The predicted octanol–water partition coefficient (Wildman–Crippen LogP) is 4.01. The summed E-state index contributed by atoms with van der Waals surface area (Å²) in [6, 6.07) is 14.5. The lowest BCUT2D eigenvalue weighted by Gasteiger charge is -2.08. The number of nitrogens with one attached hydrogen (secondary N) is 1. The van der Waals surface area contributed by atoms with Crippen molar-refractivity contribution < 1.29 is 14.3 Å². The smallest absolute Gasteiger partial charge is 0.305 e. The average molecular weight is 341 g/mol. The summed E-state index contributed by atoms with van der Waals surface area (Å²) in [5.74, 6) is -0.224. The molecule has 1 N–H and O–H groups in total. The van der Waals surface area contributed by atoms with Crippen LogP contribution in [0.3, 0.4) is 0 Å². The Morgan fingerprint density at radius 2 is 1.80 bits per heavy atom. The highest BCUT2D eigenvalue weighted by Gasteiger charge is 2.06. The van der Waals surface area contributed by atoms with Crippen LogP contribution in [0.15, 0.2) is 42.5 Å². The fourth-order valence-electron chi connectivity index (χ4n) is 2.73. The molecule has 25 heavy (non-hydrogen) atoms. The second-order valence-corrected chi connectivity index (χ2v) is 6.17. The van der Waals surface area contributed by atoms with Crippen LogP contribution in [0.5, 0.6) is 0 Å². The first-order valence-electron chi connectivity index (χ1n) is 9.09. The molecular formula is C21H27NO3. The molecule has 0 aliphatic rings. The fourth-order valence-corrected chi connectivity index (χ4v) is 2.73. The molecule has 0 atom stereocenters. The van der Waals surface area contributed by atoms with Crippen molar-refractivity contribution in [3.05, 3.63) is 48.0 Å². The summed E-state index contributed by atoms with van der Waals surface area (Å²) in [5, 5.41) is 5.38. The van der Waals surface area contributed by atoms with Crippen molar-refractivity contribution in [1.29, 1.82) is 0 Å². The third kappa shape index (κ3) is 6.57. The molecule has 2 aromatic carbocycles. The summed E-state index contributed by atoms with van der Waals surface area (Å²) < 4.78 is 5.07. The van der Waals surface area contributed by atoms with E-state index < -0.39 is 0 Å². The Morgan fingerprint density at radius 3 is 2.64 bits per heavy atom. The lowest BCUT2D eigenvalue weighted by molar-refractivity contribution is -0.143.